The van der Waals surface area contributed by atoms with E-state index >= 15 is 0 Å². The highest BCUT2D eigenvalue weighted by molar-refractivity contribution is 5.47. The van der Waals surface area contributed by atoms with Gasteiger partial charge in [-0.05, 0) is 31.4 Å². The van der Waals surface area contributed by atoms with Crippen molar-refractivity contribution >= 4 is 11.6 Å². The Bertz CT molecular complexity index is 613. The molecule has 1 atom stereocenters. The maximum atomic E-state index is 5.47. The Morgan fingerprint density at radius 1 is 1.27 bits per heavy atom. The number of nitrogens with zero attached hydrogens (tertiary/aromatic N) is 3. The maximum Gasteiger partial charge on any atom is 0.131 e. The van der Waals surface area contributed by atoms with Crippen molar-refractivity contribution in [2.75, 3.05) is 23.8 Å². The smallest absolute Gasteiger partial charge is 0.131 e. The molecule has 0 spiro atoms. The summed E-state index contributed by atoms with van der Waals surface area (Å²) in [5, 5.41) is 6.69. The van der Waals surface area contributed by atoms with Crippen LogP contribution in [0.2, 0.25) is 0 Å². The highest BCUT2D eigenvalue weighted by Gasteiger charge is 2.14. The summed E-state index contributed by atoms with van der Waals surface area (Å²) in [7, 11) is 0. The minimum atomic E-state index is 0.328. The maximum absolute atomic E-state index is 5.47. The van der Waals surface area contributed by atoms with Crippen LogP contribution in [0.1, 0.15) is 24.1 Å². The minimum absolute atomic E-state index is 0.328. The lowest BCUT2D eigenvalue weighted by molar-refractivity contribution is 0.0875. The quantitative estimate of drug-likeness (QED) is 0.883. The van der Waals surface area contributed by atoms with E-state index in [1.165, 1.54) is 5.56 Å². The lowest BCUT2D eigenvalue weighted by Crippen LogP contribution is -2.30. The van der Waals surface area contributed by atoms with Crippen LogP contribution in [0.3, 0.4) is 0 Å². The number of pyridine rings is 1. The van der Waals surface area contributed by atoms with Gasteiger partial charge in [0.25, 0.3) is 0 Å². The monoisotopic (exact) mass is 299 g/mol. The molecule has 22 heavy (non-hydrogen) atoms. The molecular formula is C16H21N5O. The molecular weight excluding hydrogens is 278 g/mol. The van der Waals surface area contributed by atoms with Gasteiger partial charge in [-0.2, -0.15) is 0 Å². The van der Waals surface area contributed by atoms with Crippen molar-refractivity contribution in [1.82, 2.24) is 15.0 Å². The fourth-order valence-corrected chi connectivity index (χ4v) is 2.47. The molecule has 1 saturated heterocycles. The van der Waals surface area contributed by atoms with E-state index < -0.39 is 0 Å². The molecule has 2 aromatic rings. The Kier molecular flexibility index (Phi) is 4.80. The van der Waals surface area contributed by atoms with E-state index in [9.17, 15) is 0 Å². The van der Waals surface area contributed by atoms with Gasteiger partial charge in [0.15, 0.2) is 0 Å². The molecule has 0 radical (unpaired) electrons. The summed E-state index contributed by atoms with van der Waals surface area (Å²) in [6, 6.07) is 6.25. The van der Waals surface area contributed by atoms with E-state index in [1.54, 1.807) is 12.5 Å². The molecule has 2 aromatic heterocycles. The van der Waals surface area contributed by atoms with Crippen molar-refractivity contribution in [3.63, 3.8) is 0 Å². The van der Waals surface area contributed by atoms with Crippen molar-refractivity contribution in [3.05, 3.63) is 42.0 Å². The Balaban J connectivity index is 1.60. The number of aromatic nitrogens is 3. The number of hydrogen-bond acceptors (Lipinski definition) is 6. The molecule has 1 aliphatic heterocycles. The van der Waals surface area contributed by atoms with Crippen LogP contribution in [0.15, 0.2) is 30.7 Å². The van der Waals surface area contributed by atoms with E-state index in [0.717, 1.165) is 43.4 Å². The Morgan fingerprint density at radius 3 is 3.00 bits per heavy atom. The van der Waals surface area contributed by atoms with Crippen LogP contribution in [-0.2, 0) is 11.3 Å². The van der Waals surface area contributed by atoms with Crippen molar-refractivity contribution in [2.45, 2.75) is 32.4 Å². The second-order valence-corrected chi connectivity index (χ2v) is 5.47. The van der Waals surface area contributed by atoms with E-state index in [0.29, 0.717) is 12.6 Å². The minimum Gasteiger partial charge on any atom is -0.379 e. The van der Waals surface area contributed by atoms with Gasteiger partial charge >= 0.3 is 0 Å². The fourth-order valence-electron chi connectivity index (χ4n) is 2.47. The van der Waals surface area contributed by atoms with Crippen LogP contribution >= 0.6 is 0 Å². The summed E-state index contributed by atoms with van der Waals surface area (Å²) in [4.78, 5) is 12.9. The second-order valence-electron chi connectivity index (χ2n) is 5.47. The normalized spacial score (nSPS) is 18.0. The van der Waals surface area contributed by atoms with Crippen molar-refractivity contribution in [3.8, 4) is 0 Å². The third-order valence-corrected chi connectivity index (χ3v) is 3.73. The van der Waals surface area contributed by atoms with Gasteiger partial charge in [0.05, 0.1) is 24.9 Å². The number of aryl methyl sites for hydroxylation is 1. The van der Waals surface area contributed by atoms with Gasteiger partial charge in [0.1, 0.15) is 18.0 Å². The summed E-state index contributed by atoms with van der Waals surface area (Å²) < 4.78 is 5.47. The molecule has 0 unspecified atom stereocenters. The fraction of sp³-hybridized carbons (Fsp3) is 0.438. The first-order chi connectivity index (χ1) is 10.8. The van der Waals surface area contributed by atoms with Gasteiger partial charge in [0, 0.05) is 18.9 Å². The first-order valence-electron chi connectivity index (χ1n) is 7.62. The molecule has 1 aliphatic rings. The predicted octanol–water partition coefficient (Wildman–Crippen LogP) is 2.38. The molecule has 6 heteroatoms. The molecule has 6 nitrogen and oxygen atoms in total. The van der Waals surface area contributed by atoms with Gasteiger partial charge in [-0.1, -0.05) is 6.07 Å². The Labute approximate surface area is 130 Å². The molecule has 0 bridgehead atoms. The molecule has 0 amide bonds. The van der Waals surface area contributed by atoms with Gasteiger partial charge in [-0.25, -0.2) is 9.97 Å². The van der Waals surface area contributed by atoms with E-state index in [-0.39, 0.29) is 0 Å². The predicted molar refractivity (Wildman–Crippen MR) is 85.8 cm³/mol. The Morgan fingerprint density at radius 2 is 2.18 bits per heavy atom. The summed E-state index contributed by atoms with van der Waals surface area (Å²) in [6.07, 6.45) is 5.58. The van der Waals surface area contributed by atoms with Gasteiger partial charge < -0.3 is 15.4 Å². The lowest BCUT2D eigenvalue weighted by atomic mass is 10.1. The van der Waals surface area contributed by atoms with Crippen LogP contribution in [0.5, 0.6) is 0 Å². The summed E-state index contributed by atoms with van der Waals surface area (Å²) >= 11 is 0. The SMILES string of the molecule is Cc1cccnc1CNc1cc(N[C@@H]2CCCOC2)ncn1. The highest BCUT2D eigenvalue weighted by Crippen LogP contribution is 2.15. The van der Waals surface area contributed by atoms with Gasteiger partial charge in [-0.15, -0.1) is 0 Å². The largest absolute Gasteiger partial charge is 0.379 e. The summed E-state index contributed by atoms with van der Waals surface area (Å²) in [5.41, 5.74) is 2.19. The third kappa shape index (κ3) is 3.92. The summed E-state index contributed by atoms with van der Waals surface area (Å²) in [6.45, 7) is 4.30. The van der Waals surface area contributed by atoms with Crippen molar-refractivity contribution < 1.29 is 4.74 Å². The summed E-state index contributed by atoms with van der Waals surface area (Å²) in [5.74, 6) is 1.62. The third-order valence-electron chi connectivity index (χ3n) is 3.73. The molecule has 2 N–H and O–H groups in total. The number of nitrogens with one attached hydrogen (secondary N) is 2. The zero-order valence-corrected chi connectivity index (χ0v) is 12.7. The van der Waals surface area contributed by atoms with Gasteiger partial charge in [0.2, 0.25) is 0 Å². The van der Waals surface area contributed by atoms with E-state index in [1.807, 2.05) is 12.1 Å². The standard InChI is InChI=1S/C16H21N5O/c1-12-4-2-6-17-14(12)9-18-15-8-16(20-11-19-15)21-13-5-3-7-22-10-13/h2,4,6,8,11,13H,3,5,7,9-10H2,1H3,(H2,18,19,20,21)/t13-/m1/s1. The highest BCUT2D eigenvalue weighted by atomic mass is 16.5. The molecule has 3 heterocycles. The average molecular weight is 299 g/mol. The first kappa shape index (κ1) is 14.7. The molecule has 116 valence electrons. The molecule has 3 rings (SSSR count). The van der Waals surface area contributed by atoms with Crippen LogP contribution in [0.4, 0.5) is 11.6 Å². The van der Waals surface area contributed by atoms with E-state index in [2.05, 4.69) is 38.6 Å². The zero-order valence-electron chi connectivity index (χ0n) is 12.7. The Hall–Kier alpha value is -2.21. The topological polar surface area (TPSA) is 72.0 Å². The van der Waals surface area contributed by atoms with Gasteiger partial charge in [-0.3, -0.25) is 4.98 Å². The molecule has 0 saturated carbocycles. The van der Waals surface area contributed by atoms with Crippen molar-refractivity contribution in [2.24, 2.45) is 0 Å². The first-order valence-corrected chi connectivity index (χ1v) is 7.62. The van der Waals surface area contributed by atoms with Crippen LogP contribution in [-0.4, -0.2) is 34.2 Å². The molecule has 0 aromatic carbocycles. The molecule has 0 aliphatic carbocycles. The molecule has 1 fully saturated rings. The van der Waals surface area contributed by atoms with Crippen LogP contribution in [0.25, 0.3) is 0 Å². The number of hydrogen-bond donors (Lipinski definition) is 2. The number of anilines is 2. The average Bonchev–Trinajstić information content (AvgIpc) is 2.55. The number of rotatable bonds is 5. The zero-order chi connectivity index (χ0) is 15.2. The second kappa shape index (κ2) is 7.17. The van der Waals surface area contributed by atoms with Crippen molar-refractivity contribution in [1.29, 1.82) is 0 Å². The lowest BCUT2D eigenvalue weighted by Gasteiger charge is -2.23. The number of ether oxygens (including phenoxy) is 1. The van der Waals surface area contributed by atoms with Crippen LogP contribution in [0, 0.1) is 6.92 Å². The van der Waals surface area contributed by atoms with E-state index in [4.69, 9.17) is 4.74 Å². The van der Waals surface area contributed by atoms with Crippen LogP contribution < -0.4 is 10.6 Å².